The summed E-state index contributed by atoms with van der Waals surface area (Å²) >= 11 is 0. The Morgan fingerprint density at radius 1 is 0.677 bits per heavy atom. The number of hydrogen-bond donors (Lipinski definition) is 0. The van der Waals surface area contributed by atoms with Crippen molar-refractivity contribution in [2.24, 2.45) is 9.98 Å². The largest absolute Gasteiger partial charge is 0.376 e. The Balaban J connectivity index is 2.59. The SMILES string of the molecule is CCC(C)(C)OCCC(C)(C)/N=C/c1ccc(/C=N/C(C)(C)CCOC(C)(C)C)cc1. The van der Waals surface area contributed by atoms with Gasteiger partial charge in [0.05, 0.1) is 22.3 Å². The zero-order valence-electron chi connectivity index (χ0n) is 21.7. The molecule has 0 N–H and O–H groups in total. The van der Waals surface area contributed by atoms with Gasteiger partial charge in [0, 0.05) is 25.6 Å². The van der Waals surface area contributed by atoms with Gasteiger partial charge in [0.2, 0.25) is 0 Å². The lowest BCUT2D eigenvalue weighted by Gasteiger charge is -2.26. The molecule has 0 radical (unpaired) electrons. The quantitative estimate of drug-likeness (QED) is 0.339. The molecule has 0 aliphatic rings. The van der Waals surface area contributed by atoms with Gasteiger partial charge >= 0.3 is 0 Å². The molecule has 0 atom stereocenters. The summed E-state index contributed by atoms with van der Waals surface area (Å²) in [5, 5.41) is 0. The third kappa shape index (κ3) is 12.8. The highest BCUT2D eigenvalue weighted by molar-refractivity contribution is 5.84. The molecular formula is C27H46N2O2. The average Bonchev–Trinajstić information content (AvgIpc) is 2.64. The van der Waals surface area contributed by atoms with Crippen molar-refractivity contribution in [3.8, 4) is 0 Å². The topological polar surface area (TPSA) is 43.2 Å². The summed E-state index contributed by atoms with van der Waals surface area (Å²) in [6, 6.07) is 8.36. The van der Waals surface area contributed by atoms with Crippen molar-refractivity contribution in [3.05, 3.63) is 35.4 Å². The van der Waals surface area contributed by atoms with E-state index < -0.39 is 0 Å². The van der Waals surface area contributed by atoms with Crippen molar-refractivity contribution in [1.82, 2.24) is 0 Å². The van der Waals surface area contributed by atoms with Crippen LogP contribution in [0.4, 0.5) is 0 Å². The maximum atomic E-state index is 5.98. The predicted octanol–water partition coefficient (Wildman–Crippen LogP) is 6.88. The first kappa shape index (κ1) is 27.5. The molecule has 0 spiro atoms. The maximum absolute atomic E-state index is 5.98. The molecule has 0 unspecified atom stereocenters. The van der Waals surface area contributed by atoms with Crippen molar-refractivity contribution in [3.63, 3.8) is 0 Å². The lowest BCUT2D eigenvalue weighted by atomic mass is 10.0. The number of ether oxygens (including phenoxy) is 2. The summed E-state index contributed by atoms with van der Waals surface area (Å²) in [7, 11) is 0. The highest BCUT2D eigenvalue weighted by Crippen LogP contribution is 2.20. The van der Waals surface area contributed by atoms with Crippen molar-refractivity contribution in [2.75, 3.05) is 13.2 Å². The Bertz CT molecular complexity index is 708. The lowest BCUT2D eigenvalue weighted by Crippen LogP contribution is -2.27. The molecule has 0 saturated carbocycles. The van der Waals surface area contributed by atoms with E-state index in [9.17, 15) is 0 Å². The normalized spacial score (nSPS) is 14.1. The molecule has 1 rings (SSSR count). The molecular weight excluding hydrogens is 384 g/mol. The van der Waals surface area contributed by atoms with Crippen LogP contribution in [0.15, 0.2) is 34.3 Å². The van der Waals surface area contributed by atoms with Crippen LogP contribution in [0.2, 0.25) is 0 Å². The Labute approximate surface area is 191 Å². The van der Waals surface area contributed by atoms with Gasteiger partial charge in [0.25, 0.3) is 0 Å². The monoisotopic (exact) mass is 430 g/mol. The summed E-state index contributed by atoms with van der Waals surface area (Å²) in [5.74, 6) is 0. The van der Waals surface area contributed by atoms with Crippen LogP contribution in [0, 0.1) is 0 Å². The summed E-state index contributed by atoms with van der Waals surface area (Å²) < 4.78 is 11.8. The fourth-order valence-electron chi connectivity index (χ4n) is 2.58. The van der Waals surface area contributed by atoms with Gasteiger partial charge < -0.3 is 9.47 Å². The highest BCUT2D eigenvalue weighted by atomic mass is 16.5. The van der Waals surface area contributed by atoms with Gasteiger partial charge in [0.15, 0.2) is 0 Å². The van der Waals surface area contributed by atoms with Gasteiger partial charge in [-0.05, 0) is 92.7 Å². The standard InChI is InChI=1S/C27H46N2O2/c1-11-27(9,10)31-19-17-26(7,8)29-21-23-14-12-22(13-15-23)20-28-25(5,6)16-18-30-24(2,3)4/h12-15,20-21H,11,16-19H2,1-10H3/b28-20+,29-21+. The molecule has 1 aromatic rings. The van der Waals surface area contributed by atoms with E-state index in [4.69, 9.17) is 19.5 Å². The van der Waals surface area contributed by atoms with Gasteiger partial charge in [-0.15, -0.1) is 0 Å². The molecule has 4 heteroatoms. The summed E-state index contributed by atoms with van der Waals surface area (Å²) in [6.07, 6.45) is 6.70. The smallest absolute Gasteiger partial charge is 0.0623 e. The number of benzene rings is 1. The van der Waals surface area contributed by atoms with Crippen LogP contribution < -0.4 is 0 Å². The first-order chi connectivity index (χ1) is 14.1. The molecule has 0 aliphatic carbocycles. The fourth-order valence-corrected chi connectivity index (χ4v) is 2.58. The number of hydrogen-bond acceptors (Lipinski definition) is 4. The minimum absolute atomic E-state index is 0.0641. The molecule has 0 amide bonds. The van der Waals surface area contributed by atoms with E-state index in [2.05, 4.69) is 93.5 Å². The van der Waals surface area contributed by atoms with E-state index in [1.165, 1.54) is 0 Å². The first-order valence-electron chi connectivity index (χ1n) is 11.6. The number of nitrogens with zero attached hydrogens (tertiary/aromatic N) is 2. The highest BCUT2D eigenvalue weighted by Gasteiger charge is 2.20. The Morgan fingerprint density at radius 2 is 1.06 bits per heavy atom. The number of aliphatic imine (C=N–C) groups is 2. The Kier molecular flexibility index (Phi) is 10.1. The van der Waals surface area contributed by atoms with Gasteiger partial charge in [-0.1, -0.05) is 31.2 Å². The third-order valence-electron chi connectivity index (χ3n) is 5.37. The Morgan fingerprint density at radius 3 is 1.42 bits per heavy atom. The molecule has 4 nitrogen and oxygen atoms in total. The maximum Gasteiger partial charge on any atom is 0.0623 e. The molecule has 1 aromatic carbocycles. The van der Waals surface area contributed by atoms with Crippen molar-refractivity contribution in [1.29, 1.82) is 0 Å². The van der Waals surface area contributed by atoms with Crippen LogP contribution in [0.5, 0.6) is 0 Å². The van der Waals surface area contributed by atoms with Crippen LogP contribution in [0.25, 0.3) is 0 Å². The second kappa shape index (κ2) is 11.4. The van der Waals surface area contributed by atoms with E-state index in [1.807, 2.05) is 12.4 Å². The fraction of sp³-hybridized carbons (Fsp3) is 0.704. The average molecular weight is 431 g/mol. The first-order valence-corrected chi connectivity index (χ1v) is 11.6. The van der Waals surface area contributed by atoms with Gasteiger partial charge in [-0.25, -0.2) is 0 Å². The van der Waals surface area contributed by atoms with E-state index in [1.54, 1.807) is 0 Å². The van der Waals surface area contributed by atoms with Crippen LogP contribution in [0.3, 0.4) is 0 Å². The van der Waals surface area contributed by atoms with E-state index in [0.29, 0.717) is 6.61 Å². The van der Waals surface area contributed by atoms with Crippen molar-refractivity contribution in [2.45, 2.75) is 111 Å². The zero-order valence-corrected chi connectivity index (χ0v) is 21.7. The van der Waals surface area contributed by atoms with Crippen LogP contribution in [-0.4, -0.2) is 47.9 Å². The second-order valence-electron chi connectivity index (χ2n) is 11.2. The van der Waals surface area contributed by atoms with E-state index in [-0.39, 0.29) is 22.3 Å². The molecule has 0 aliphatic heterocycles. The molecule has 0 saturated heterocycles. The second-order valence-corrected chi connectivity index (χ2v) is 11.2. The van der Waals surface area contributed by atoms with Gasteiger partial charge in [-0.2, -0.15) is 0 Å². The van der Waals surface area contributed by atoms with Crippen LogP contribution >= 0.6 is 0 Å². The summed E-state index contributed by atoms with van der Waals surface area (Å²) in [5.41, 5.74) is 1.72. The lowest BCUT2D eigenvalue weighted by molar-refractivity contribution is -0.0257. The third-order valence-corrected chi connectivity index (χ3v) is 5.37. The molecule has 0 heterocycles. The van der Waals surface area contributed by atoms with Gasteiger partial charge in [-0.3, -0.25) is 9.98 Å². The van der Waals surface area contributed by atoms with Crippen molar-refractivity contribution >= 4 is 12.4 Å². The van der Waals surface area contributed by atoms with Gasteiger partial charge in [0.1, 0.15) is 0 Å². The Hall–Kier alpha value is -1.52. The molecule has 0 bridgehead atoms. The van der Waals surface area contributed by atoms with Crippen LogP contribution in [0.1, 0.15) is 99.6 Å². The summed E-state index contributed by atoms with van der Waals surface area (Å²) in [4.78, 5) is 9.56. The minimum atomic E-state index is -0.150. The zero-order chi connectivity index (χ0) is 23.8. The number of rotatable bonds is 12. The van der Waals surface area contributed by atoms with E-state index >= 15 is 0 Å². The molecule has 31 heavy (non-hydrogen) atoms. The minimum Gasteiger partial charge on any atom is -0.376 e. The summed E-state index contributed by atoms with van der Waals surface area (Å²) in [6.45, 7) is 22.7. The van der Waals surface area contributed by atoms with Crippen LogP contribution in [-0.2, 0) is 9.47 Å². The van der Waals surface area contributed by atoms with Crippen molar-refractivity contribution < 1.29 is 9.47 Å². The predicted molar refractivity (Wildman–Crippen MR) is 135 cm³/mol. The van der Waals surface area contributed by atoms with E-state index in [0.717, 1.165) is 37.0 Å². The molecule has 176 valence electrons. The molecule has 0 aromatic heterocycles. The molecule has 0 fully saturated rings.